The Labute approximate surface area is 169 Å². The molecule has 1 N–H and O–H groups in total. The van der Waals surface area contributed by atoms with Crippen molar-refractivity contribution < 1.29 is 9.59 Å². The molecule has 148 valence electrons. The minimum atomic E-state index is -0.251. The summed E-state index contributed by atoms with van der Waals surface area (Å²) in [5.74, 6) is 0.779. The van der Waals surface area contributed by atoms with Crippen molar-refractivity contribution in [2.75, 3.05) is 18.8 Å². The van der Waals surface area contributed by atoms with E-state index >= 15 is 0 Å². The van der Waals surface area contributed by atoms with E-state index in [1.54, 1.807) is 10.9 Å². The Hall–Kier alpha value is -2.28. The van der Waals surface area contributed by atoms with E-state index in [2.05, 4.69) is 34.7 Å². The van der Waals surface area contributed by atoms with Crippen LogP contribution in [0.1, 0.15) is 30.0 Å². The second-order valence-electron chi connectivity index (χ2n) is 7.67. The molecule has 1 aromatic heterocycles. The number of benzene rings is 1. The van der Waals surface area contributed by atoms with E-state index in [1.807, 2.05) is 36.0 Å². The van der Waals surface area contributed by atoms with Gasteiger partial charge in [0.2, 0.25) is 11.8 Å². The highest BCUT2D eigenvalue weighted by Crippen LogP contribution is 2.31. The molecular formula is C21H26N4O2S. The zero-order chi connectivity index (χ0) is 19.5. The highest BCUT2D eigenvalue weighted by atomic mass is 32.2. The fourth-order valence-electron chi connectivity index (χ4n) is 4.11. The van der Waals surface area contributed by atoms with Crippen LogP contribution in [0.4, 0.5) is 0 Å². The minimum absolute atomic E-state index is 0.0503. The molecular weight excluding hydrogens is 372 g/mol. The predicted octanol–water partition coefficient (Wildman–Crippen LogP) is 2.17. The van der Waals surface area contributed by atoms with Gasteiger partial charge >= 0.3 is 0 Å². The third-order valence-electron chi connectivity index (χ3n) is 5.52. The molecule has 7 heteroatoms. The number of thioether (sulfide) groups is 1. The van der Waals surface area contributed by atoms with Crippen molar-refractivity contribution in [2.24, 2.45) is 13.0 Å². The molecule has 0 aliphatic carbocycles. The number of carbonyl (C=O) groups is 2. The summed E-state index contributed by atoms with van der Waals surface area (Å²) in [4.78, 5) is 27.4. The van der Waals surface area contributed by atoms with E-state index in [0.717, 1.165) is 30.8 Å². The lowest BCUT2D eigenvalue weighted by atomic mass is 9.88. The van der Waals surface area contributed by atoms with Gasteiger partial charge < -0.3 is 10.2 Å². The molecule has 0 bridgehead atoms. The molecule has 2 aliphatic heterocycles. The Morgan fingerprint density at radius 3 is 2.89 bits per heavy atom. The predicted molar refractivity (Wildman–Crippen MR) is 110 cm³/mol. The Morgan fingerprint density at radius 1 is 1.32 bits per heavy atom. The van der Waals surface area contributed by atoms with Crippen molar-refractivity contribution in [1.29, 1.82) is 0 Å². The number of rotatable bonds is 4. The van der Waals surface area contributed by atoms with E-state index in [0.29, 0.717) is 11.7 Å². The molecule has 0 spiro atoms. The third-order valence-corrected chi connectivity index (χ3v) is 6.73. The minimum Gasteiger partial charge on any atom is -0.349 e. The van der Waals surface area contributed by atoms with Gasteiger partial charge in [-0.05, 0) is 18.4 Å². The average molecular weight is 399 g/mol. The summed E-state index contributed by atoms with van der Waals surface area (Å²) >= 11 is 1.94. The van der Waals surface area contributed by atoms with Crippen LogP contribution in [0.15, 0.2) is 42.7 Å². The molecule has 0 radical (unpaired) electrons. The smallest absolute Gasteiger partial charge is 0.226 e. The second kappa shape index (κ2) is 8.39. The van der Waals surface area contributed by atoms with Gasteiger partial charge in [0.1, 0.15) is 0 Å². The van der Waals surface area contributed by atoms with Crippen LogP contribution in [0.3, 0.4) is 0 Å². The Balaban J connectivity index is 1.40. The van der Waals surface area contributed by atoms with Crippen LogP contribution in [0.25, 0.3) is 0 Å². The zero-order valence-electron chi connectivity index (χ0n) is 16.1. The van der Waals surface area contributed by atoms with Crippen LogP contribution in [-0.4, -0.2) is 50.6 Å². The molecule has 2 aliphatic rings. The average Bonchev–Trinajstić information content (AvgIpc) is 3.14. The number of aromatic nitrogens is 2. The summed E-state index contributed by atoms with van der Waals surface area (Å²) in [6.45, 7) is 1.53. The van der Waals surface area contributed by atoms with Crippen molar-refractivity contribution in [3.63, 3.8) is 0 Å². The number of aryl methyl sites for hydroxylation is 1. The standard InChI is InChI=1S/C21H26N4O2S/c1-24-13-17(12-22-24)19-10-16(11-20(26)23-19)21(27)25-7-8-28-18(14-25)9-15-5-3-2-4-6-15/h2-6,12-13,16,18-19H,7-11,14H2,1H3,(H,23,26)/t16-,18?,19-/m0/s1. The molecule has 2 aromatic rings. The maximum absolute atomic E-state index is 13.2. The maximum atomic E-state index is 13.2. The van der Waals surface area contributed by atoms with Crippen molar-refractivity contribution in [1.82, 2.24) is 20.0 Å². The SMILES string of the molecule is Cn1cc([C@@H]2C[C@H](C(=O)N3CCSC(Cc4ccccc4)C3)CC(=O)N2)cn1. The molecule has 1 aromatic carbocycles. The number of nitrogens with one attached hydrogen (secondary N) is 1. The molecule has 3 heterocycles. The fourth-order valence-corrected chi connectivity index (χ4v) is 5.36. The van der Waals surface area contributed by atoms with Crippen molar-refractivity contribution in [3.8, 4) is 0 Å². The number of hydrogen-bond acceptors (Lipinski definition) is 4. The van der Waals surface area contributed by atoms with Gasteiger partial charge in [0.15, 0.2) is 0 Å². The Morgan fingerprint density at radius 2 is 2.14 bits per heavy atom. The van der Waals surface area contributed by atoms with E-state index in [1.165, 1.54) is 5.56 Å². The first-order valence-electron chi connectivity index (χ1n) is 9.80. The molecule has 28 heavy (non-hydrogen) atoms. The Kier molecular flexibility index (Phi) is 5.71. The van der Waals surface area contributed by atoms with Gasteiger partial charge in [-0.2, -0.15) is 16.9 Å². The topological polar surface area (TPSA) is 67.2 Å². The van der Waals surface area contributed by atoms with Crippen LogP contribution in [0.5, 0.6) is 0 Å². The van der Waals surface area contributed by atoms with Crippen LogP contribution >= 0.6 is 11.8 Å². The highest BCUT2D eigenvalue weighted by molar-refractivity contribution is 8.00. The molecule has 2 amide bonds. The number of nitrogens with zero attached hydrogens (tertiary/aromatic N) is 3. The van der Waals surface area contributed by atoms with E-state index in [9.17, 15) is 9.59 Å². The monoisotopic (exact) mass is 398 g/mol. The second-order valence-corrected chi connectivity index (χ2v) is 9.08. The Bertz CT molecular complexity index is 838. The molecule has 1 unspecified atom stereocenters. The van der Waals surface area contributed by atoms with Gasteiger partial charge in [-0.1, -0.05) is 30.3 Å². The lowest BCUT2D eigenvalue weighted by Crippen LogP contribution is -2.48. The summed E-state index contributed by atoms with van der Waals surface area (Å²) in [5, 5.41) is 7.61. The van der Waals surface area contributed by atoms with Crippen LogP contribution in [-0.2, 0) is 23.1 Å². The van der Waals surface area contributed by atoms with E-state index < -0.39 is 0 Å². The summed E-state index contributed by atoms with van der Waals surface area (Å²) in [7, 11) is 1.86. The summed E-state index contributed by atoms with van der Waals surface area (Å²) in [6, 6.07) is 10.3. The van der Waals surface area contributed by atoms with Gasteiger partial charge in [0.05, 0.1) is 12.2 Å². The van der Waals surface area contributed by atoms with Crippen LogP contribution in [0.2, 0.25) is 0 Å². The summed E-state index contributed by atoms with van der Waals surface area (Å²) in [5.41, 5.74) is 2.27. The van der Waals surface area contributed by atoms with E-state index in [4.69, 9.17) is 0 Å². The molecule has 3 atom stereocenters. The van der Waals surface area contributed by atoms with Crippen LogP contribution in [0, 0.1) is 5.92 Å². The summed E-state index contributed by atoms with van der Waals surface area (Å²) < 4.78 is 1.73. The quantitative estimate of drug-likeness (QED) is 0.857. The normalized spacial score (nSPS) is 25.4. The third kappa shape index (κ3) is 4.41. The summed E-state index contributed by atoms with van der Waals surface area (Å²) in [6.07, 6.45) is 5.57. The van der Waals surface area contributed by atoms with Gasteiger partial charge in [0.25, 0.3) is 0 Å². The first kappa shape index (κ1) is 19.1. The molecule has 6 nitrogen and oxygen atoms in total. The number of carbonyl (C=O) groups excluding carboxylic acids is 2. The molecule has 2 fully saturated rings. The van der Waals surface area contributed by atoms with Gasteiger partial charge in [-0.25, -0.2) is 0 Å². The van der Waals surface area contributed by atoms with Crippen LogP contribution < -0.4 is 5.32 Å². The van der Waals surface area contributed by atoms with Gasteiger partial charge in [-0.3, -0.25) is 14.3 Å². The number of amides is 2. The molecule has 0 saturated carbocycles. The largest absolute Gasteiger partial charge is 0.349 e. The highest BCUT2D eigenvalue weighted by Gasteiger charge is 2.36. The lowest BCUT2D eigenvalue weighted by molar-refractivity contribution is -0.141. The van der Waals surface area contributed by atoms with Crippen molar-refractivity contribution in [2.45, 2.75) is 30.6 Å². The first-order valence-corrected chi connectivity index (χ1v) is 10.9. The fraction of sp³-hybridized carbons (Fsp3) is 0.476. The lowest BCUT2D eigenvalue weighted by Gasteiger charge is -2.37. The number of hydrogen-bond donors (Lipinski definition) is 1. The van der Waals surface area contributed by atoms with E-state index in [-0.39, 0.29) is 30.2 Å². The zero-order valence-corrected chi connectivity index (χ0v) is 16.9. The number of piperidine rings is 1. The van der Waals surface area contributed by atoms with Crippen molar-refractivity contribution >= 4 is 23.6 Å². The molecule has 4 rings (SSSR count). The maximum Gasteiger partial charge on any atom is 0.226 e. The van der Waals surface area contributed by atoms with Gasteiger partial charge in [-0.15, -0.1) is 0 Å². The van der Waals surface area contributed by atoms with Crippen molar-refractivity contribution in [3.05, 3.63) is 53.9 Å². The first-order chi connectivity index (χ1) is 13.6. The molecule has 2 saturated heterocycles. The van der Waals surface area contributed by atoms with Gasteiger partial charge in [0, 0.05) is 55.2 Å².